The average molecular weight is 405 g/mol. The minimum Gasteiger partial charge on any atom is -0.389 e. The number of anilines is 1. The van der Waals surface area contributed by atoms with Crippen LogP contribution in [0, 0.1) is 6.92 Å². The van der Waals surface area contributed by atoms with E-state index in [-0.39, 0.29) is 4.99 Å². The number of thiocarbonyl (C=S) groups is 1. The molecule has 1 aromatic heterocycles. The van der Waals surface area contributed by atoms with Crippen LogP contribution in [-0.4, -0.2) is 20.5 Å². The van der Waals surface area contributed by atoms with Crippen LogP contribution in [0.25, 0.3) is 0 Å². The van der Waals surface area contributed by atoms with E-state index in [0.717, 1.165) is 8.66 Å². The van der Waals surface area contributed by atoms with Crippen LogP contribution >= 0.6 is 39.5 Å². The first-order valence-corrected chi connectivity index (χ1v) is 9.34. The number of aryl methyl sites for hydroxylation is 1. The summed E-state index contributed by atoms with van der Waals surface area (Å²) in [5, 5.41) is 0. The number of benzene rings is 1. The van der Waals surface area contributed by atoms with Crippen molar-refractivity contribution in [2.24, 2.45) is 5.73 Å². The molecule has 2 rings (SSSR count). The Morgan fingerprint density at radius 2 is 1.90 bits per heavy atom. The number of hydrogen-bond acceptors (Lipinski definition) is 4. The summed E-state index contributed by atoms with van der Waals surface area (Å²) in [6, 6.07) is 8.40. The van der Waals surface area contributed by atoms with Crippen LogP contribution in [0.3, 0.4) is 0 Å². The summed E-state index contributed by atoms with van der Waals surface area (Å²) in [6.07, 6.45) is 0. The third kappa shape index (κ3) is 3.28. The van der Waals surface area contributed by atoms with E-state index in [1.165, 1.54) is 22.7 Å². The van der Waals surface area contributed by atoms with Gasteiger partial charge in [-0.05, 0) is 53.2 Å². The van der Waals surface area contributed by atoms with E-state index in [0.29, 0.717) is 16.1 Å². The molecule has 112 valence electrons. The van der Waals surface area contributed by atoms with Crippen LogP contribution in [0.4, 0.5) is 5.69 Å². The van der Waals surface area contributed by atoms with E-state index < -0.39 is 10.0 Å². The molecule has 4 nitrogen and oxygen atoms in total. The van der Waals surface area contributed by atoms with Crippen molar-refractivity contribution in [1.82, 2.24) is 0 Å². The second-order valence-corrected chi connectivity index (χ2v) is 9.37. The summed E-state index contributed by atoms with van der Waals surface area (Å²) in [6.45, 7) is 1.78. The molecule has 0 aliphatic carbocycles. The van der Waals surface area contributed by atoms with Gasteiger partial charge in [-0.3, -0.25) is 4.31 Å². The molecule has 1 heterocycles. The molecule has 0 atom stereocenters. The first-order valence-electron chi connectivity index (χ1n) is 5.88. The molecule has 0 spiro atoms. The van der Waals surface area contributed by atoms with Crippen LogP contribution in [0.5, 0.6) is 0 Å². The number of nitrogens with two attached hydrogens (primary N) is 1. The molecule has 2 aromatic rings. The normalized spacial score (nSPS) is 11.4. The van der Waals surface area contributed by atoms with Crippen molar-refractivity contribution in [1.29, 1.82) is 0 Å². The molecule has 0 aliphatic rings. The summed E-state index contributed by atoms with van der Waals surface area (Å²) in [5.74, 6) is 0. The lowest BCUT2D eigenvalue weighted by atomic mass is 10.2. The molecule has 1 aromatic carbocycles. The van der Waals surface area contributed by atoms with Crippen LogP contribution in [-0.2, 0) is 10.0 Å². The van der Waals surface area contributed by atoms with Gasteiger partial charge < -0.3 is 5.73 Å². The lowest BCUT2D eigenvalue weighted by molar-refractivity contribution is 0.594. The Hall–Kier alpha value is -0.960. The fourth-order valence-corrected chi connectivity index (χ4v) is 5.52. The van der Waals surface area contributed by atoms with Crippen molar-refractivity contribution < 1.29 is 8.42 Å². The van der Waals surface area contributed by atoms with Crippen molar-refractivity contribution in [2.45, 2.75) is 11.8 Å². The minimum absolute atomic E-state index is 0.282. The van der Waals surface area contributed by atoms with Gasteiger partial charge in [0.15, 0.2) is 0 Å². The fraction of sp³-hybridized carbons (Fsp3) is 0.154. The molecular formula is C13H13BrN2O2S3. The molecule has 0 saturated heterocycles. The first kappa shape index (κ1) is 16.4. The third-order valence-corrected chi connectivity index (χ3v) is 6.83. The van der Waals surface area contributed by atoms with E-state index >= 15 is 0 Å². The maximum Gasteiger partial charge on any atom is 0.265 e. The topological polar surface area (TPSA) is 63.4 Å². The Morgan fingerprint density at radius 1 is 1.33 bits per heavy atom. The summed E-state index contributed by atoms with van der Waals surface area (Å²) in [5.41, 5.74) is 6.79. The van der Waals surface area contributed by atoms with E-state index in [4.69, 9.17) is 18.0 Å². The predicted molar refractivity (Wildman–Crippen MR) is 94.7 cm³/mol. The van der Waals surface area contributed by atoms with E-state index in [2.05, 4.69) is 15.9 Å². The number of rotatable bonds is 4. The van der Waals surface area contributed by atoms with Crippen molar-refractivity contribution in [2.75, 3.05) is 11.4 Å². The zero-order valence-electron chi connectivity index (χ0n) is 11.3. The highest BCUT2D eigenvalue weighted by Crippen LogP contribution is 2.32. The molecule has 0 radical (unpaired) electrons. The Labute approximate surface area is 141 Å². The van der Waals surface area contributed by atoms with Crippen LogP contribution < -0.4 is 10.0 Å². The number of sulfonamides is 1. The van der Waals surface area contributed by atoms with Crippen molar-refractivity contribution >= 4 is 60.2 Å². The molecule has 2 N–H and O–H groups in total. The maximum atomic E-state index is 12.6. The molecule has 0 saturated carbocycles. The molecule has 0 amide bonds. The van der Waals surface area contributed by atoms with Crippen LogP contribution in [0.2, 0.25) is 0 Å². The predicted octanol–water partition coefficient (Wildman–Crippen LogP) is 3.28. The highest BCUT2D eigenvalue weighted by atomic mass is 79.9. The summed E-state index contributed by atoms with van der Waals surface area (Å²) < 4.78 is 27.3. The third-order valence-electron chi connectivity index (χ3n) is 3.00. The quantitative estimate of drug-likeness (QED) is 0.793. The second-order valence-electron chi connectivity index (χ2n) is 4.35. The molecule has 0 unspecified atom stereocenters. The van der Waals surface area contributed by atoms with Crippen molar-refractivity contribution in [3.63, 3.8) is 0 Å². The monoisotopic (exact) mass is 404 g/mol. The average Bonchev–Trinajstić information content (AvgIpc) is 2.77. The number of hydrogen-bond donors (Lipinski definition) is 1. The largest absolute Gasteiger partial charge is 0.389 e. The van der Waals surface area contributed by atoms with Gasteiger partial charge in [-0.2, -0.15) is 0 Å². The summed E-state index contributed by atoms with van der Waals surface area (Å²) >= 11 is 9.59. The zero-order chi connectivity index (χ0) is 15.8. The SMILES string of the molecule is Cc1sc(Br)cc1S(=O)(=O)N(C)c1ccc(C(N)=S)cc1. The van der Waals surface area contributed by atoms with E-state index in [9.17, 15) is 8.42 Å². The summed E-state index contributed by atoms with van der Waals surface area (Å²) in [4.78, 5) is 1.33. The summed E-state index contributed by atoms with van der Waals surface area (Å²) in [7, 11) is -2.06. The lowest BCUT2D eigenvalue weighted by Crippen LogP contribution is -2.26. The van der Waals surface area contributed by atoms with Gasteiger partial charge in [-0.25, -0.2) is 8.42 Å². The molecule has 0 aliphatic heterocycles. The van der Waals surface area contributed by atoms with Gasteiger partial charge in [0.05, 0.1) is 9.47 Å². The lowest BCUT2D eigenvalue weighted by Gasteiger charge is -2.19. The Bertz CT molecular complexity index is 782. The fourth-order valence-electron chi connectivity index (χ4n) is 1.81. The van der Waals surface area contributed by atoms with Gasteiger partial charge >= 0.3 is 0 Å². The molecule has 0 fully saturated rings. The maximum absolute atomic E-state index is 12.6. The first-order chi connectivity index (χ1) is 9.73. The second kappa shape index (κ2) is 6.04. The smallest absolute Gasteiger partial charge is 0.265 e. The van der Waals surface area contributed by atoms with Gasteiger partial charge in [0.25, 0.3) is 10.0 Å². The molecule has 21 heavy (non-hydrogen) atoms. The minimum atomic E-state index is -3.59. The van der Waals surface area contributed by atoms with Crippen LogP contribution in [0.1, 0.15) is 10.4 Å². The van der Waals surface area contributed by atoms with Crippen LogP contribution in [0.15, 0.2) is 39.0 Å². The molecular weight excluding hydrogens is 392 g/mol. The number of halogens is 1. The Kier molecular flexibility index (Phi) is 4.72. The number of nitrogens with zero attached hydrogens (tertiary/aromatic N) is 1. The number of thiophene rings is 1. The van der Waals surface area contributed by atoms with Crippen molar-refractivity contribution in [3.8, 4) is 0 Å². The van der Waals surface area contributed by atoms with E-state index in [1.54, 1.807) is 37.3 Å². The highest BCUT2D eigenvalue weighted by Gasteiger charge is 2.25. The Morgan fingerprint density at radius 3 is 2.33 bits per heavy atom. The Balaban J connectivity index is 2.40. The van der Waals surface area contributed by atoms with Gasteiger partial charge in [-0.15, -0.1) is 11.3 Å². The standard InChI is InChI=1S/C13H13BrN2O2S3/c1-8-11(7-12(14)20-8)21(17,18)16(2)10-5-3-9(4-6-10)13(15)19/h3-7H,1-2H3,(H2,15,19). The van der Waals surface area contributed by atoms with Gasteiger partial charge in [-0.1, -0.05) is 12.2 Å². The molecule has 8 heteroatoms. The van der Waals surface area contributed by atoms with E-state index in [1.807, 2.05) is 0 Å². The van der Waals surface area contributed by atoms with Gasteiger partial charge in [0.2, 0.25) is 0 Å². The molecule has 0 bridgehead atoms. The van der Waals surface area contributed by atoms with Gasteiger partial charge in [0, 0.05) is 17.5 Å². The van der Waals surface area contributed by atoms with Gasteiger partial charge in [0.1, 0.15) is 9.88 Å². The van der Waals surface area contributed by atoms with Crippen molar-refractivity contribution in [3.05, 3.63) is 44.6 Å². The zero-order valence-corrected chi connectivity index (χ0v) is 15.4. The highest BCUT2D eigenvalue weighted by molar-refractivity contribution is 9.11.